The number of benzene rings is 1. The van der Waals surface area contributed by atoms with Crippen LogP contribution in [0.4, 0.5) is 8.78 Å². The number of methoxy groups -OCH3 is 1. The van der Waals surface area contributed by atoms with Crippen molar-refractivity contribution in [3.05, 3.63) is 69.4 Å². The largest absolute Gasteiger partial charge is 0.481 e. The van der Waals surface area contributed by atoms with Crippen molar-refractivity contribution in [2.24, 2.45) is 0 Å². The lowest BCUT2D eigenvalue weighted by Crippen LogP contribution is -2.26. The third-order valence-corrected chi connectivity index (χ3v) is 4.48. The van der Waals surface area contributed by atoms with Crippen molar-refractivity contribution < 1.29 is 23.1 Å². The Morgan fingerprint density at radius 2 is 1.54 bits per heavy atom. The highest BCUT2D eigenvalue weighted by Crippen LogP contribution is 2.33. The summed E-state index contributed by atoms with van der Waals surface area (Å²) in [7, 11) is 1.49. The van der Waals surface area contributed by atoms with E-state index < -0.39 is 34.3 Å². The highest BCUT2D eigenvalue weighted by molar-refractivity contribution is 6.27. The van der Waals surface area contributed by atoms with Crippen LogP contribution in [0.1, 0.15) is 45.3 Å². The van der Waals surface area contributed by atoms with E-state index in [1.54, 1.807) is 19.1 Å². The molecule has 0 saturated heterocycles. The van der Waals surface area contributed by atoms with Crippen LogP contribution in [-0.2, 0) is 6.42 Å². The average molecular weight is 357 g/mol. The summed E-state index contributed by atoms with van der Waals surface area (Å²) in [6.07, 6.45) is 0.276. The maximum absolute atomic E-state index is 14.2. The summed E-state index contributed by atoms with van der Waals surface area (Å²) < 4.78 is 33.5. The Bertz CT molecular complexity index is 964. The van der Waals surface area contributed by atoms with Crippen molar-refractivity contribution in [1.29, 1.82) is 0 Å². The molecule has 1 aromatic carbocycles. The lowest BCUT2D eigenvalue weighted by atomic mass is 9.80. The van der Waals surface area contributed by atoms with Gasteiger partial charge in [-0.3, -0.25) is 9.59 Å². The SMILES string of the molecule is CCC1=C(Cc2ccc(C)c(OC)n2)C(=O)c2c(F)ccc(F)c2C1=O. The number of carbonyl (C=O) groups is 2. The fourth-order valence-electron chi connectivity index (χ4n) is 3.17. The molecule has 1 aliphatic carbocycles. The Labute approximate surface area is 149 Å². The normalized spacial score (nSPS) is 13.9. The van der Waals surface area contributed by atoms with Crippen molar-refractivity contribution in [3.63, 3.8) is 0 Å². The number of pyridine rings is 1. The predicted octanol–water partition coefficient (Wildman–Crippen LogP) is 4.01. The standard InChI is InChI=1S/C20H17F2NO3/c1-4-12-13(9-11-6-5-10(2)20(23-11)26-3)19(25)17-15(22)8-7-14(21)16(17)18(12)24/h5-8H,4,9H2,1-3H3. The van der Waals surface area contributed by atoms with Gasteiger partial charge in [-0.2, -0.15) is 0 Å². The van der Waals surface area contributed by atoms with Gasteiger partial charge >= 0.3 is 0 Å². The third kappa shape index (κ3) is 2.81. The molecule has 0 aliphatic heterocycles. The highest BCUT2D eigenvalue weighted by Gasteiger charge is 2.35. The fourth-order valence-corrected chi connectivity index (χ4v) is 3.17. The lowest BCUT2D eigenvalue weighted by Gasteiger charge is -2.21. The van der Waals surface area contributed by atoms with E-state index in [2.05, 4.69) is 4.98 Å². The van der Waals surface area contributed by atoms with E-state index in [0.717, 1.165) is 17.7 Å². The maximum atomic E-state index is 14.2. The van der Waals surface area contributed by atoms with Gasteiger partial charge in [0.05, 0.1) is 18.2 Å². The van der Waals surface area contributed by atoms with Crippen LogP contribution >= 0.6 is 0 Å². The number of halogens is 2. The van der Waals surface area contributed by atoms with Crippen molar-refractivity contribution in [1.82, 2.24) is 4.98 Å². The van der Waals surface area contributed by atoms with E-state index in [1.165, 1.54) is 7.11 Å². The number of fused-ring (bicyclic) bond motifs is 1. The second-order valence-corrected chi connectivity index (χ2v) is 6.05. The summed E-state index contributed by atoms with van der Waals surface area (Å²) in [6.45, 7) is 3.53. The van der Waals surface area contributed by atoms with Gasteiger partial charge in [-0.05, 0) is 31.5 Å². The number of hydrogen-bond acceptors (Lipinski definition) is 4. The monoisotopic (exact) mass is 357 g/mol. The summed E-state index contributed by atoms with van der Waals surface area (Å²) in [5.41, 5.74) is 0.688. The number of Topliss-reactive ketones (excluding diaryl/α,β-unsaturated/α-hetero) is 2. The zero-order valence-electron chi connectivity index (χ0n) is 14.7. The average Bonchev–Trinajstić information content (AvgIpc) is 2.63. The van der Waals surface area contributed by atoms with Gasteiger partial charge < -0.3 is 4.74 Å². The number of hydrogen-bond donors (Lipinski definition) is 0. The predicted molar refractivity (Wildman–Crippen MR) is 91.6 cm³/mol. The van der Waals surface area contributed by atoms with Crippen molar-refractivity contribution in [2.45, 2.75) is 26.7 Å². The van der Waals surface area contributed by atoms with Crippen LogP contribution in [0.3, 0.4) is 0 Å². The van der Waals surface area contributed by atoms with E-state index in [1.807, 2.05) is 6.92 Å². The van der Waals surface area contributed by atoms with Crippen molar-refractivity contribution >= 4 is 11.6 Å². The molecule has 0 fully saturated rings. The van der Waals surface area contributed by atoms with E-state index in [9.17, 15) is 18.4 Å². The molecule has 0 bridgehead atoms. The summed E-state index contributed by atoms with van der Waals surface area (Å²) in [6, 6.07) is 5.23. The molecule has 0 amide bonds. The second-order valence-electron chi connectivity index (χ2n) is 6.05. The van der Waals surface area contributed by atoms with Gasteiger partial charge in [0.1, 0.15) is 11.6 Å². The molecule has 1 aromatic heterocycles. The van der Waals surface area contributed by atoms with Gasteiger partial charge in [0.2, 0.25) is 5.88 Å². The van der Waals surface area contributed by atoms with E-state index in [0.29, 0.717) is 11.6 Å². The number of aromatic nitrogens is 1. The van der Waals surface area contributed by atoms with Crippen LogP contribution in [0.5, 0.6) is 5.88 Å². The Balaban J connectivity index is 2.13. The minimum absolute atomic E-state index is 0.0414. The van der Waals surface area contributed by atoms with Gasteiger partial charge in [0, 0.05) is 28.8 Å². The first-order valence-electron chi connectivity index (χ1n) is 8.18. The van der Waals surface area contributed by atoms with E-state index in [4.69, 9.17) is 4.74 Å². The highest BCUT2D eigenvalue weighted by atomic mass is 19.1. The zero-order chi connectivity index (χ0) is 19.0. The minimum Gasteiger partial charge on any atom is -0.481 e. The smallest absolute Gasteiger partial charge is 0.216 e. The number of carbonyl (C=O) groups excluding carboxylic acids is 2. The minimum atomic E-state index is -0.901. The Morgan fingerprint density at radius 3 is 2.08 bits per heavy atom. The molecule has 26 heavy (non-hydrogen) atoms. The number of rotatable bonds is 4. The topological polar surface area (TPSA) is 56.3 Å². The molecule has 1 heterocycles. The molecular weight excluding hydrogens is 340 g/mol. The first kappa shape index (κ1) is 17.9. The van der Waals surface area contributed by atoms with Gasteiger partial charge in [-0.25, -0.2) is 13.8 Å². The fraction of sp³-hybridized carbons (Fsp3) is 0.250. The first-order chi connectivity index (χ1) is 12.4. The molecule has 0 saturated carbocycles. The molecule has 4 nitrogen and oxygen atoms in total. The number of allylic oxidation sites excluding steroid dienone is 2. The van der Waals surface area contributed by atoms with Crippen LogP contribution in [0.25, 0.3) is 0 Å². The summed E-state index contributed by atoms with van der Waals surface area (Å²) >= 11 is 0. The molecule has 6 heteroatoms. The molecule has 0 radical (unpaired) electrons. The Kier molecular flexibility index (Phi) is 4.68. The van der Waals surface area contributed by atoms with Crippen molar-refractivity contribution in [2.75, 3.05) is 7.11 Å². The van der Waals surface area contributed by atoms with E-state index in [-0.39, 0.29) is 24.0 Å². The summed E-state index contributed by atoms with van der Waals surface area (Å²) in [4.78, 5) is 29.9. The second kappa shape index (κ2) is 6.78. The molecule has 0 atom stereocenters. The Morgan fingerprint density at radius 1 is 0.962 bits per heavy atom. The quantitative estimate of drug-likeness (QED) is 0.830. The van der Waals surface area contributed by atoms with Crippen molar-refractivity contribution in [3.8, 4) is 5.88 Å². The molecule has 3 rings (SSSR count). The van der Waals surface area contributed by atoms with Gasteiger partial charge in [-0.1, -0.05) is 13.0 Å². The van der Waals surface area contributed by atoms with Crippen LogP contribution in [0.2, 0.25) is 0 Å². The number of ketones is 2. The number of ether oxygens (including phenoxy) is 1. The first-order valence-corrected chi connectivity index (χ1v) is 8.18. The van der Waals surface area contributed by atoms with Gasteiger partial charge in [-0.15, -0.1) is 0 Å². The van der Waals surface area contributed by atoms with Crippen LogP contribution in [-0.4, -0.2) is 23.7 Å². The molecule has 0 unspecified atom stereocenters. The van der Waals surface area contributed by atoms with E-state index >= 15 is 0 Å². The Hall–Kier alpha value is -2.89. The summed E-state index contributed by atoms with van der Waals surface area (Å²) in [5.74, 6) is -2.70. The maximum Gasteiger partial charge on any atom is 0.216 e. The number of nitrogens with zero attached hydrogens (tertiary/aromatic N) is 1. The molecule has 0 spiro atoms. The molecular formula is C20H17F2NO3. The van der Waals surface area contributed by atoms with Crippen LogP contribution in [0.15, 0.2) is 35.4 Å². The van der Waals surface area contributed by atoms with Crippen LogP contribution in [0, 0.1) is 18.6 Å². The zero-order valence-corrected chi connectivity index (χ0v) is 14.7. The lowest BCUT2D eigenvalue weighted by molar-refractivity contribution is 0.0963. The molecule has 134 valence electrons. The molecule has 1 aliphatic rings. The third-order valence-electron chi connectivity index (χ3n) is 4.48. The van der Waals surface area contributed by atoms with Crippen LogP contribution < -0.4 is 4.74 Å². The van der Waals surface area contributed by atoms with Gasteiger partial charge in [0.25, 0.3) is 0 Å². The van der Waals surface area contributed by atoms with Gasteiger partial charge in [0.15, 0.2) is 11.6 Å². The number of aryl methyl sites for hydroxylation is 1. The molecule has 2 aromatic rings. The summed E-state index contributed by atoms with van der Waals surface area (Å²) in [5, 5.41) is 0. The molecule has 0 N–H and O–H groups in total.